The van der Waals surface area contributed by atoms with Gasteiger partial charge in [0.05, 0.1) is 9.58 Å². The van der Waals surface area contributed by atoms with Crippen LogP contribution in [0.25, 0.3) is 9.40 Å². The highest BCUT2D eigenvalue weighted by molar-refractivity contribution is 7.92. The standard InChI is InChI=1S/C15H13FN3O5PS3/c16-12-4-8(1-2-9(12)6-17)14(25(20,21)22)19-28(23,24)13-5-10-3-11(7-18)26-15(10)27-13/h1-5,14,19H,7,18H2,(H2,20,21,22). The van der Waals surface area contributed by atoms with Crippen molar-refractivity contribution in [1.82, 2.24) is 4.72 Å². The van der Waals surface area contributed by atoms with E-state index in [-0.39, 0.29) is 15.3 Å². The van der Waals surface area contributed by atoms with Crippen LogP contribution in [-0.2, 0) is 21.1 Å². The van der Waals surface area contributed by atoms with Gasteiger partial charge in [-0.05, 0) is 29.8 Å². The molecule has 3 aromatic rings. The van der Waals surface area contributed by atoms with Crippen LogP contribution >= 0.6 is 30.3 Å². The fourth-order valence-electron chi connectivity index (χ4n) is 2.43. The molecule has 5 N–H and O–H groups in total. The van der Waals surface area contributed by atoms with Crippen LogP contribution in [0.2, 0.25) is 0 Å². The molecule has 1 unspecified atom stereocenters. The van der Waals surface area contributed by atoms with Crippen molar-refractivity contribution in [2.75, 3.05) is 0 Å². The number of nitrogens with one attached hydrogen (secondary N) is 1. The van der Waals surface area contributed by atoms with Gasteiger partial charge in [-0.1, -0.05) is 6.07 Å². The molecule has 3 rings (SSSR count). The Bertz CT molecular complexity index is 1210. The highest BCUT2D eigenvalue weighted by Gasteiger charge is 2.36. The van der Waals surface area contributed by atoms with Crippen LogP contribution in [-0.4, -0.2) is 18.2 Å². The van der Waals surface area contributed by atoms with Crippen molar-refractivity contribution in [3.05, 3.63) is 52.2 Å². The molecule has 0 aliphatic heterocycles. The molecule has 0 radical (unpaired) electrons. The summed E-state index contributed by atoms with van der Waals surface area (Å²) in [5, 5.41) is 9.43. The van der Waals surface area contributed by atoms with Crippen LogP contribution in [0.1, 0.15) is 21.8 Å². The summed E-state index contributed by atoms with van der Waals surface area (Å²) in [5.41, 5.74) is 4.93. The van der Waals surface area contributed by atoms with Gasteiger partial charge >= 0.3 is 7.60 Å². The van der Waals surface area contributed by atoms with Gasteiger partial charge in [-0.2, -0.15) is 9.98 Å². The Balaban J connectivity index is 1.99. The van der Waals surface area contributed by atoms with E-state index in [9.17, 15) is 27.2 Å². The van der Waals surface area contributed by atoms with Crippen molar-refractivity contribution < 1.29 is 27.2 Å². The van der Waals surface area contributed by atoms with E-state index in [0.717, 1.165) is 34.4 Å². The number of hydrogen-bond donors (Lipinski definition) is 4. The molecular formula is C15H13FN3O5PS3. The highest BCUT2D eigenvalue weighted by Crippen LogP contribution is 2.51. The Hall–Kier alpha value is -1.68. The van der Waals surface area contributed by atoms with Gasteiger partial charge in [0, 0.05) is 16.8 Å². The molecule has 2 heterocycles. The third kappa shape index (κ3) is 4.17. The van der Waals surface area contributed by atoms with Crippen LogP contribution in [0, 0.1) is 17.1 Å². The lowest BCUT2D eigenvalue weighted by atomic mass is 10.1. The molecule has 2 aromatic heterocycles. The third-order valence-corrected chi connectivity index (χ3v) is 9.33. The highest BCUT2D eigenvalue weighted by atomic mass is 32.2. The topological polar surface area (TPSA) is 154 Å². The molecule has 13 heteroatoms. The zero-order valence-electron chi connectivity index (χ0n) is 13.9. The van der Waals surface area contributed by atoms with Gasteiger partial charge in [0.1, 0.15) is 21.9 Å². The van der Waals surface area contributed by atoms with Crippen molar-refractivity contribution in [1.29, 1.82) is 5.26 Å². The van der Waals surface area contributed by atoms with E-state index in [2.05, 4.69) is 0 Å². The Kier molecular flexibility index (Phi) is 5.73. The number of hydrogen-bond acceptors (Lipinski definition) is 7. The molecule has 28 heavy (non-hydrogen) atoms. The number of fused-ring (bicyclic) bond motifs is 1. The van der Waals surface area contributed by atoms with Crippen molar-refractivity contribution in [3.63, 3.8) is 0 Å². The molecule has 0 aliphatic rings. The van der Waals surface area contributed by atoms with Crippen LogP contribution in [0.3, 0.4) is 0 Å². The van der Waals surface area contributed by atoms with E-state index in [1.54, 1.807) is 12.1 Å². The minimum absolute atomic E-state index is 0.134. The van der Waals surface area contributed by atoms with E-state index in [1.807, 2.05) is 4.72 Å². The van der Waals surface area contributed by atoms with E-state index >= 15 is 0 Å². The number of benzene rings is 1. The summed E-state index contributed by atoms with van der Waals surface area (Å²) in [6, 6.07) is 7.55. The molecule has 1 aromatic carbocycles. The summed E-state index contributed by atoms with van der Waals surface area (Å²) >= 11 is 2.27. The summed E-state index contributed by atoms with van der Waals surface area (Å²) in [4.78, 5) is 20.1. The minimum atomic E-state index is -5.04. The summed E-state index contributed by atoms with van der Waals surface area (Å²) in [6.45, 7) is 0.316. The lowest BCUT2D eigenvalue weighted by Crippen LogP contribution is -2.28. The number of rotatable bonds is 6. The summed E-state index contributed by atoms with van der Waals surface area (Å²) < 4.78 is 53.6. The van der Waals surface area contributed by atoms with E-state index < -0.39 is 29.2 Å². The average Bonchev–Trinajstić information content (AvgIpc) is 3.17. The smallest absolute Gasteiger partial charge is 0.326 e. The summed E-state index contributed by atoms with van der Waals surface area (Å²) in [5.74, 6) is -3.01. The first kappa shape index (κ1) is 21.0. The predicted octanol–water partition coefficient (Wildman–Crippen LogP) is 2.59. The van der Waals surface area contributed by atoms with Crippen molar-refractivity contribution in [2.45, 2.75) is 16.5 Å². The Morgan fingerprint density at radius 1 is 1.29 bits per heavy atom. The lowest BCUT2D eigenvalue weighted by Gasteiger charge is -2.20. The zero-order valence-corrected chi connectivity index (χ0v) is 17.2. The number of nitrogens with zero attached hydrogens (tertiary/aromatic N) is 1. The molecule has 0 spiro atoms. The second kappa shape index (κ2) is 7.62. The number of nitriles is 1. The van der Waals surface area contributed by atoms with Crippen molar-refractivity contribution in [2.24, 2.45) is 5.73 Å². The van der Waals surface area contributed by atoms with E-state index in [1.165, 1.54) is 17.4 Å². The van der Waals surface area contributed by atoms with Gasteiger partial charge in [-0.3, -0.25) is 4.57 Å². The molecule has 148 valence electrons. The minimum Gasteiger partial charge on any atom is -0.326 e. The zero-order chi connectivity index (χ0) is 20.7. The second-order valence-electron chi connectivity index (χ2n) is 5.69. The summed E-state index contributed by atoms with van der Waals surface area (Å²) in [6.07, 6.45) is 0. The van der Waals surface area contributed by atoms with Gasteiger partial charge in [-0.25, -0.2) is 12.8 Å². The third-order valence-electron chi connectivity index (χ3n) is 3.74. The first-order valence-corrected chi connectivity index (χ1v) is 12.3. The Morgan fingerprint density at radius 3 is 2.54 bits per heavy atom. The van der Waals surface area contributed by atoms with Crippen LogP contribution in [0.5, 0.6) is 0 Å². The average molecular weight is 461 g/mol. The van der Waals surface area contributed by atoms with Gasteiger partial charge < -0.3 is 15.5 Å². The fourth-order valence-corrected chi connectivity index (χ4v) is 7.87. The Labute approximate surface area is 167 Å². The maximum Gasteiger partial charge on any atom is 0.347 e. The quantitative estimate of drug-likeness (QED) is 0.412. The molecule has 1 atom stereocenters. The van der Waals surface area contributed by atoms with Gasteiger partial charge in [0.25, 0.3) is 10.0 Å². The van der Waals surface area contributed by atoms with Crippen LogP contribution < -0.4 is 10.5 Å². The summed E-state index contributed by atoms with van der Waals surface area (Å²) in [7, 11) is -9.35. The number of halogens is 1. The van der Waals surface area contributed by atoms with E-state index in [4.69, 9.17) is 11.0 Å². The first-order chi connectivity index (χ1) is 13.0. The maximum absolute atomic E-state index is 13.9. The molecule has 8 nitrogen and oxygen atoms in total. The van der Waals surface area contributed by atoms with Gasteiger partial charge in [0.15, 0.2) is 0 Å². The molecule has 0 fully saturated rings. The van der Waals surface area contributed by atoms with E-state index in [0.29, 0.717) is 15.9 Å². The maximum atomic E-state index is 13.9. The van der Waals surface area contributed by atoms with Crippen molar-refractivity contribution >= 4 is 49.7 Å². The Morgan fingerprint density at radius 2 is 2.00 bits per heavy atom. The number of sulfonamides is 1. The molecule has 0 aliphatic carbocycles. The largest absolute Gasteiger partial charge is 0.347 e. The van der Waals surface area contributed by atoms with Gasteiger partial charge in [0.2, 0.25) is 0 Å². The molecule has 0 bridgehead atoms. The van der Waals surface area contributed by atoms with Crippen LogP contribution in [0.15, 0.2) is 34.5 Å². The van der Waals surface area contributed by atoms with Crippen LogP contribution in [0.4, 0.5) is 4.39 Å². The normalized spacial score (nSPS) is 13.5. The molecule has 0 saturated heterocycles. The molecular weight excluding hydrogens is 448 g/mol. The fraction of sp³-hybridized carbons (Fsp3) is 0.133. The second-order valence-corrected chi connectivity index (χ2v) is 11.8. The van der Waals surface area contributed by atoms with Gasteiger partial charge in [-0.15, -0.1) is 22.7 Å². The molecule has 0 saturated carbocycles. The first-order valence-electron chi connectivity index (χ1n) is 7.54. The predicted molar refractivity (Wildman–Crippen MR) is 104 cm³/mol. The number of nitrogens with two attached hydrogens (primary N) is 1. The van der Waals surface area contributed by atoms with Crippen molar-refractivity contribution in [3.8, 4) is 6.07 Å². The lowest BCUT2D eigenvalue weighted by molar-refractivity contribution is 0.355. The molecule has 0 amide bonds. The number of thiophene rings is 2. The monoisotopic (exact) mass is 461 g/mol. The SMILES string of the molecule is N#Cc1ccc(C(NS(=O)(=O)c2cc3cc(CN)sc3s2)P(=O)(O)O)cc1F.